The van der Waals surface area contributed by atoms with Crippen LogP contribution >= 0.6 is 23.2 Å². The Hall–Kier alpha value is -4.40. The first-order valence-corrected chi connectivity index (χ1v) is 11.8. The molecular weight excluding hydrogens is 515 g/mol. The second-order valence-electron chi connectivity index (χ2n) is 7.87. The van der Waals surface area contributed by atoms with Crippen LogP contribution in [0.1, 0.15) is 5.56 Å². The van der Waals surface area contributed by atoms with E-state index < -0.39 is 5.91 Å². The molecule has 37 heavy (non-hydrogen) atoms. The quantitative estimate of drug-likeness (QED) is 0.221. The van der Waals surface area contributed by atoms with Crippen LogP contribution in [0.15, 0.2) is 99.4 Å². The standard InChI is InChI=1S/C27H18Cl2N4O4/c28-19-10-17(11-20(29)12-19)23-13-26(32-33(23)21-6-2-1-3-7-21)37-16-25(34)31-30-14-18-15-36-24-9-5-4-8-22(24)27(18)35/h1-15H,16H2,(H,31,34). The van der Waals surface area contributed by atoms with E-state index in [0.717, 1.165) is 11.3 Å². The number of hydrogen-bond donors (Lipinski definition) is 1. The lowest BCUT2D eigenvalue weighted by Gasteiger charge is -2.08. The number of carbonyl (C=O) groups is 1. The number of halogens is 2. The first kappa shape index (κ1) is 24.3. The molecule has 2 aromatic heterocycles. The van der Waals surface area contributed by atoms with E-state index in [-0.39, 0.29) is 23.5 Å². The van der Waals surface area contributed by atoms with Gasteiger partial charge in [0.15, 0.2) is 6.61 Å². The van der Waals surface area contributed by atoms with Crippen molar-refractivity contribution in [2.75, 3.05) is 6.61 Å². The van der Waals surface area contributed by atoms with E-state index in [1.54, 1.807) is 53.2 Å². The molecule has 3 aromatic carbocycles. The van der Waals surface area contributed by atoms with Crippen LogP contribution in [0.4, 0.5) is 0 Å². The molecule has 10 heteroatoms. The second kappa shape index (κ2) is 10.7. The Balaban J connectivity index is 1.30. The lowest BCUT2D eigenvalue weighted by atomic mass is 10.1. The van der Waals surface area contributed by atoms with Crippen LogP contribution in [0.25, 0.3) is 27.9 Å². The van der Waals surface area contributed by atoms with E-state index in [0.29, 0.717) is 26.7 Å². The van der Waals surface area contributed by atoms with Crippen LogP contribution in [-0.4, -0.2) is 28.5 Å². The molecule has 0 atom stereocenters. The van der Waals surface area contributed by atoms with Crippen LogP contribution in [0.5, 0.6) is 5.88 Å². The van der Waals surface area contributed by atoms with Crippen molar-refractivity contribution in [3.05, 3.63) is 111 Å². The summed E-state index contributed by atoms with van der Waals surface area (Å²) in [6, 6.07) is 23.2. The highest BCUT2D eigenvalue weighted by atomic mass is 35.5. The van der Waals surface area contributed by atoms with Crippen LogP contribution in [0, 0.1) is 0 Å². The number of rotatable bonds is 7. The summed E-state index contributed by atoms with van der Waals surface area (Å²) >= 11 is 12.4. The monoisotopic (exact) mass is 532 g/mol. The highest BCUT2D eigenvalue weighted by Crippen LogP contribution is 2.31. The molecule has 1 N–H and O–H groups in total. The first-order chi connectivity index (χ1) is 18.0. The number of hydrogen-bond acceptors (Lipinski definition) is 6. The molecule has 0 unspecified atom stereocenters. The molecule has 0 saturated heterocycles. The van der Waals surface area contributed by atoms with Crippen molar-refractivity contribution in [3.63, 3.8) is 0 Å². The van der Waals surface area contributed by atoms with Gasteiger partial charge >= 0.3 is 0 Å². The summed E-state index contributed by atoms with van der Waals surface area (Å²) in [7, 11) is 0. The minimum absolute atomic E-state index is 0.200. The maximum atomic E-state index is 12.5. The molecule has 0 fully saturated rings. The van der Waals surface area contributed by atoms with Crippen molar-refractivity contribution in [2.45, 2.75) is 0 Å². The Bertz CT molecular complexity index is 1660. The van der Waals surface area contributed by atoms with E-state index in [1.807, 2.05) is 30.3 Å². The topological polar surface area (TPSA) is 98.7 Å². The zero-order chi connectivity index (χ0) is 25.8. The van der Waals surface area contributed by atoms with Crippen molar-refractivity contribution < 1.29 is 13.9 Å². The van der Waals surface area contributed by atoms with Crippen molar-refractivity contribution in [3.8, 4) is 22.8 Å². The number of nitrogens with zero attached hydrogens (tertiary/aromatic N) is 3. The van der Waals surface area contributed by atoms with E-state index in [4.69, 9.17) is 32.4 Å². The lowest BCUT2D eigenvalue weighted by molar-refractivity contribution is -0.123. The Labute approximate surface area is 220 Å². The smallest absolute Gasteiger partial charge is 0.278 e. The molecule has 8 nitrogen and oxygen atoms in total. The third kappa shape index (κ3) is 5.55. The Morgan fingerprint density at radius 1 is 1.03 bits per heavy atom. The van der Waals surface area contributed by atoms with Gasteiger partial charge in [-0.1, -0.05) is 53.5 Å². The molecule has 0 bridgehead atoms. The third-order valence-electron chi connectivity index (χ3n) is 5.30. The lowest BCUT2D eigenvalue weighted by Crippen LogP contribution is -2.25. The van der Waals surface area contributed by atoms with E-state index in [9.17, 15) is 9.59 Å². The fraction of sp³-hybridized carbons (Fsp3) is 0.0370. The molecular formula is C27H18Cl2N4O4. The molecule has 1 amide bonds. The largest absolute Gasteiger partial charge is 0.466 e. The predicted octanol–water partition coefficient (Wildman–Crippen LogP) is 5.48. The van der Waals surface area contributed by atoms with Crippen LogP contribution in [0.2, 0.25) is 10.0 Å². The minimum atomic E-state index is -0.539. The number of carbonyl (C=O) groups excluding carboxylic acids is 1. The van der Waals surface area contributed by atoms with Crippen molar-refractivity contribution >= 4 is 46.3 Å². The number of para-hydroxylation sites is 2. The van der Waals surface area contributed by atoms with Gasteiger partial charge in [-0.15, -0.1) is 5.10 Å². The van der Waals surface area contributed by atoms with Gasteiger partial charge in [-0.05, 0) is 42.5 Å². The van der Waals surface area contributed by atoms with Gasteiger partial charge in [0.2, 0.25) is 11.3 Å². The van der Waals surface area contributed by atoms with Crippen LogP contribution < -0.4 is 15.6 Å². The highest BCUT2D eigenvalue weighted by Gasteiger charge is 2.15. The predicted molar refractivity (Wildman–Crippen MR) is 143 cm³/mol. The van der Waals surface area contributed by atoms with Crippen molar-refractivity contribution in [2.24, 2.45) is 5.10 Å². The fourth-order valence-corrected chi connectivity index (χ4v) is 4.16. The summed E-state index contributed by atoms with van der Waals surface area (Å²) in [4.78, 5) is 24.8. The summed E-state index contributed by atoms with van der Waals surface area (Å²) in [6.45, 7) is -0.356. The molecule has 2 heterocycles. The van der Waals surface area contributed by atoms with Gasteiger partial charge in [0, 0.05) is 21.7 Å². The number of hydrazone groups is 1. The number of aromatic nitrogens is 2. The first-order valence-electron chi connectivity index (χ1n) is 11.0. The summed E-state index contributed by atoms with van der Waals surface area (Å²) in [5.74, 6) is -0.327. The van der Waals surface area contributed by atoms with Crippen LogP contribution in [0.3, 0.4) is 0 Å². The maximum Gasteiger partial charge on any atom is 0.278 e. The summed E-state index contributed by atoms with van der Waals surface area (Å²) in [5.41, 5.74) is 4.93. The van der Waals surface area contributed by atoms with E-state index in [2.05, 4.69) is 15.6 Å². The van der Waals surface area contributed by atoms with Gasteiger partial charge in [-0.2, -0.15) is 5.10 Å². The number of amides is 1. The molecule has 184 valence electrons. The molecule has 0 aliphatic carbocycles. The number of ether oxygens (including phenoxy) is 1. The molecule has 5 rings (SSSR count). The molecule has 0 radical (unpaired) electrons. The summed E-state index contributed by atoms with van der Waals surface area (Å²) in [5, 5.41) is 9.71. The zero-order valence-corrected chi connectivity index (χ0v) is 20.6. The van der Waals surface area contributed by atoms with Crippen molar-refractivity contribution in [1.82, 2.24) is 15.2 Å². The normalized spacial score (nSPS) is 11.2. The minimum Gasteiger partial charge on any atom is -0.466 e. The third-order valence-corrected chi connectivity index (χ3v) is 5.73. The Morgan fingerprint density at radius 3 is 2.54 bits per heavy atom. The van der Waals surface area contributed by atoms with Gasteiger partial charge in [0.05, 0.1) is 28.5 Å². The Morgan fingerprint density at radius 2 is 1.76 bits per heavy atom. The average Bonchev–Trinajstić information content (AvgIpc) is 3.33. The Kier molecular flexibility index (Phi) is 7.02. The maximum absolute atomic E-state index is 12.5. The molecule has 0 aliphatic rings. The molecule has 0 aliphatic heterocycles. The van der Waals surface area contributed by atoms with Gasteiger partial charge in [-0.3, -0.25) is 9.59 Å². The summed E-state index contributed by atoms with van der Waals surface area (Å²) < 4.78 is 12.7. The van der Waals surface area contributed by atoms with Gasteiger partial charge in [0.1, 0.15) is 11.8 Å². The SMILES string of the molecule is O=C(COc1cc(-c2cc(Cl)cc(Cl)c2)n(-c2ccccc2)n1)NN=Cc1coc2ccccc2c1=O. The van der Waals surface area contributed by atoms with E-state index >= 15 is 0 Å². The van der Waals surface area contributed by atoms with Crippen molar-refractivity contribution in [1.29, 1.82) is 0 Å². The van der Waals surface area contributed by atoms with Gasteiger partial charge in [0.25, 0.3) is 5.91 Å². The van der Waals surface area contributed by atoms with E-state index in [1.165, 1.54) is 12.5 Å². The molecule has 5 aromatic rings. The van der Waals surface area contributed by atoms with Crippen LogP contribution in [-0.2, 0) is 4.79 Å². The summed E-state index contributed by atoms with van der Waals surface area (Å²) in [6.07, 6.45) is 2.51. The zero-order valence-electron chi connectivity index (χ0n) is 19.1. The van der Waals surface area contributed by atoms with Gasteiger partial charge < -0.3 is 9.15 Å². The van der Waals surface area contributed by atoms with Gasteiger partial charge in [-0.25, -0.2) is 10.1 Å². The fourth-order valence-electron chi connectivity index (χ4n) is 3.63. The number of benzene rings is 3. The number of fused-ring (bicyclic) bond motifs is 1. The second-order valence-corrected chi connectivity index (χ2v) is 8.74. The molecule has 0 spiro atoms. The molecule has 0 saturated carbocycles. The average molecular weight is 533 g/mol. The number of nitrogens with one attached hydrogen (secondary N) is 1. The highest BCUT2D eigenvalue weighted by molar-refractivity contribution is 6.35.